The predicted octanol–water partition coefficient (Wildman–Crippen LogP) is 11.5. The number of alkyl halides is 3. The Morgan fingerprint density at radius 2 is 1.60 bits per heavy atom. The maximum absolute atomic E-state index is 14.2. The monoisotopic (exact) mass is 660 g/mol. The molecular formula is C40H64F3N3O. The van der Waals surface area contributed by atoms with Crippen LogP contribution in [-0.4, -0.2) is 50.5 Å². The van der Waals surface area contributed by atoms with Crippen LogP contribution < -0.4 is 10.6 Å². The van der Waals surface area contributed by atoms with Crippen molar-refractivity contribution in [2.45, 2.75) is 137 Å². The highest BCUT2D eigenvalue weighted by atomic mass is 19.4. The van der Waals surface area contributed by atoms with Gasteiger partial charge in [-0.3, -0.25) is 4.90 Å². The third-order valence-corrected chi connectivity index (χ3v) is 10.2. The van der Waals surface area contributed by atoms with Crippen molar-refractivity contribution >= 4 is 16.8 Å². The Balaban J connectivity index is 0.000000386. The zero-order valence-corrected chi connectivity index (χ0v) is 30.2. The summed E-state index contributed by atoms with van der Waals surface area (Å²) >= 11 is 0. The highest BCUT2D eigenvalue weighted by molar-refractivity contribution is 5.92. The van der Waals surface area contributed by atoms with E-state index in [0.717, 1.165) is 87.7 Å². The summed E-state index contributed by atoms with van der Waals surface area (Å²) in [5, 5.41) is 6.83. The molecule has 1 aliphatic carbocycles. The van der Waals surface area contributed by atoms with Crippen LogP contribution in [0.4, 0.5) is 18.9 Å². The van der Waals surface area contributed by atoms with Gasteiger partial charge in [-0.05, 0) is 86.8 Å². The molecule has 47 heavy (non-hydrogen) atoms. The number of rotatable bonds is 17. The van der Waals surface area contributed by atoms with Gasteiger partial charge in [-0.1, -0.05) is 97.6 Å². The number of nitrogens with one attached hydrogen (secondary N) is 2. The largest absolute Gasteiger partial charge is 0.417 e. The number of hydrogen-bond donors (Lipinski definition) is 2. The molecule has 1 aromatic rings. The zero-order valence-electron chi connectivity index (χ0n) is 30.2. The second-order valence-electron chi connectivity index (χ2n) is 13.6. The van der Waals surface area contributed by atoms with Gasteiger partial charge in [0.2, 0.25) is 0 Å². The molecule has 0 aromatic heterocycles. The first-order valence-electron chi connectivity index (χ1n) is 18.9. The smallest absolute Gasteiger partial charge is 0.388 e. The first-order chi connectivity index (χ1) is 22.7. The minimum atomic E-state index is -4.40. The van der Waals surface area contributed by atoms with Crippen molar-refractivity contribution in [3.05, 3.63) is 52.4 Å². The lowest BCUT2D eigenvalue weighted by Crippen LogP contribution is -2.37. The molecule has 266 valence electrons. The standard InChI is InChI=1S/C29H41F3N2.C11H23NO/c1-4-6-7-8-9-10-11-12-19-33-25(5-2)21(3)23-17-14-18-26-28(23)24(29(30,31)32)20-27(34-26)22-15-13-16-22;1-3-11(4-2)5-6-12-7-9-13-10-8-12/h14,17-18,20,33-34H,4-13,15-16,19H2,1-3H3;11H,3-10H2,1-2H3/b25-21-;. The number of allylic oxidation sites excluding steroid dienone is 5. The maximum atomic E-state index is 14.2. The lowest BCUT2D eigenvalue weighted by atomic mass is 9.85. The van der Waals surface area contributed by atoms with Gasteiger partial charge in [-0.15, -0.1) is 0 Å². The first kappa shape index (κ1) is 39.2. The van der Waals surface area contributed by atoms with E-state index in [1.165, 1.54) is 76.8 Å². The average molecular weight is 660 g/mol. The second-order valence-corrected chi connectivity index (χ2v) is 13.6. The topological polar surface area (TPSA) is 36.5 Å². The quantitative estimate of drug-likeness (QED) is 0.163. The molecule has 0 amide bonds. The van der Waals surface area contributed by atoms with Gasteiger partial charge in [0, 0.05) is 42.3 Å². The summed E-state index contributed by atoms with van der Waals surface area (Å²) in [6.07, 6.45) is 14.6. The fraction of sp³-hybridized carbons (Fsp3) is 0.700. The number of benzene rings is 1. The highest BCUT2D eigenvalue weighted by Gasteiger charge is 2.39. The van der Waals surface area contributed by atoms with Crippen LogP contribution in [0.5, 0.6) is 0 Å². The summed E-state index contributed by atoms with van der Waals surface area (Å²) in [7, 11) is 0. The summed E-state index contributed by atoms with van der Waals surface area (Å²) in [6.45, 7) is 17.1. The number of anilines is 1. The van der Waals surface area contributed by atoms with Crippen LogP contribution in [0.1, 0.15) is 142 Å². The Kier molecular flexibility index (Phi) is 17.5. The second kappa shape index (κ2) is 21.0. The van der Waals surface area contributed by atoms with Crippen LogP contribution in [-0.2, 0) is 4.74 Å². The molecule has 3 aliphatic rings. The molecular weight excluding hydrogens is 595 g/mol. The summed E-state index contributed by atoms with van der Waals surface area (Å²) in [5.74, 6) is 0.933. The number of morpholine rings is 1. The van der Waals surface area contributed by atoms with Gasteiger partial charge in [0.05, 0.1) is 18.8 Å². The molecule has 0 radical (unpaired) electrons. The van der Waals surface area contributed by atoms with E-state index >= 15 is 0 Å². The maximum Gasteiger partial charge on any atom is 0.417 e. The summed E-state index contributed by atoms with van der Waals surface area (Å²) in [6, 6.07) is 5.45. The minimum Gasteiger partial charge on any atom is -0.388 e. The van der Waals surface area contributed by atoms with Crippen molar-refractivity contribution < 1.29 is 17.9 Å². The van der Waals surface area contributed by atoms with E-state index in [1.807, 2.05) is 19.1 Å². The fourth-order valence-electron chi connectivity index (χ4n) is 6.76. The SMILES string of the molecule is CCC(CC)CCN1CCOCC1.CCCCCCCCCCN/C(CC)=C(/C)c1cccc2c1C(C(F)(F)F)=CC(=C1CCC1)N2. The van der Waals surface area contributed by atoms with Gasteiger partial charge in [0.1, 0.15) is 0 Å². The lowest BCUT2D eigenvalue weighted by Gasteiger charge is -2.30. The van der Waals surface area contributed by atoms with Crippen molar-refractivity contribution in [1.29, 1.82) is 0 Å². The number of nitrogens with zero attached hydrogens (tertiary/aromatic N) is 1. The van der Waals surface area contributed by atoms with Crippen LogP contribution in [0.2, 0.25) is 0 Å². The average Bonchev–Trinajstić information content (AvgIpc) is 3.05. The Morgan fingerprint density at radius 1 is 0.936 bits per heavy atom. The Morgan fingerprint density at radius 3 is 2.17 bits per heavy atom. The molecule has 1 aromatic carbocycles. The fourth-order valence-corrected chi connectivity index (χ4v) is 6.76. The van der Waals surface area contributed by atoms with E-state index in [0.29, 0.717) is 16.9 Å². The van der Waals surface area contributed by atoms with Crippen molar-refractivity contribution in [2.75, 3.05) is 44.7 Å². The first-order valence-corrected chi connectivity index (χ1v) is 18.9. The molecule has 4 nitrogen and oxygen atoms in total. The van der Waals surface area contributed by atoms with Crippen molar-refractivity contribution in [1.82, 2.24) is 10.2 Å². The number of halogens is 3. The summed E-state index contributed by atoms with van der Waals surface area (Å²) < 4.78 is 47.8. The predicted molar refractivity (Wildman–Crippen MR) is 194 cm³/mol. The lowest BCUT2D eigenvalue weighted by molar-refractivity contribution is -0.0689. The molecule has 2 aliphatic heterocycles. The Hall–Kier alpha value is -2.25. The Labute approximate surface area is 284 Å². The molecule has 1 saturated carbocycles. The van der Waals surface area contributed by atoms with Crippen LogP contribution in [0.3, 0.4) is 0 Å². The van der Waals surface area contributed by atoms with Crippen LogP contribution >= 0.6 is 0 Å². The van der Waals surface area contributed by atoms with Gasteiger partial charge in [0.15, 0.2) is 0 Å². The summed E-state index contributed by atoms with van der Waals surface area (Å²) in [5.41, 5.74) is 4.60. The molecule has 7 heteroatoms. The van der Waals surface area contributed by atoms with Gasteiger partial charge in [-0.25, -0.2) is 0 Å². The molecule has 0 unspecified atom stereocenters. The molecule has 0 atom stereocenters. The van der Waals surface area contributed by atoms with Crippen LogP contribution in [0.25, 0.3) is 11.1 Å². The van der Waals surface area contributed by atoms with Gasteiger partial charge >= 0.3 is 6.18 Å². The van der Waals surface area contributed by atoms with E-state index in [9.17, 15) is 13.2 Å². The van der Waals surface area contributed by atoms with Crippen molar-refractivity contribution in [2.24, 2.45) is 5.92 Å². The van der Waals surface area contributed by atoms with E-state index in [4.69, 9.17) is 4.74 Å². The molecule has 2 fully saturated rings. The molecule has 2 N–H and O–H groups in total. The molecule has 1 saturated heterocycles. The van der Waals surface area contributed by atoms with Gasteiger partial charge in [0.25, 0.3) is 0 Å². The van der Waals surface area contributed by atoms with Crippen LogP contribution in [0.15, 0.2) is 41.2 Å². The van der Waals surface area contributed by atoms with Crippen molar-refractivity contribution in [3.8, 4) is 0 Å². The highest BCUT2D eigenvalue weighted by Crippen LogP contribution is 2.46. The molecule has 0 bridgehead atoms. The minimum absolute atomic E-state index is 0.274. The molecule has 0 spiro atoms. The van der Waals surface area contributed by atoms with E-state index < -0.39 is 11.7 Å². The van der Waals surface area contributed by atoms with E-state index in [2.05, 4.69) is 43.2 Å². The number of fused-ring (bicyclic) bond motifs is 1. The van der Waals surface area contributed by atoms with E-state index in [-0.39, 0.29) is 5.56 Å². The third-order valence-electron chi connectivity index (χ3n) is 10.2. The van der Waals surface area contributed by atoms with Gasteiger partial charge in [-0.2, -0.15) is 13.2 Å². The number of hydrogen-bond acceptors (Lipinski definition) is 4. The van der Waals surface area contributed by atoms with Crippen molar-refractivity contribution in [3.63, 3.8) is 0 Å². The van der Waals surface area contributed by atoms with Gasteiger partial charge < -0.3 is 15.4 Å². The Bertz CT molecular complexity index is 1150. The third kappa shape index (κ3) is 12.6. The van der Waals surface area contributed by atoms with Crippen LogP contribution in [0, 0.1) is 5.92 Å². The zero-order chi connectivity index (χ0) is 34.1. The summed E-state index contributed by atoms with van der Waals surface area (Å²) in [4.78, 5) is 2.53. The molecule has 2 heterocycles. The molecule has 4 rings (SSSR count). The normalized spacial score (nSPS) is 17.3. The number of unbranched alkanes of at least 4 members (excludes halogenated alkanes) is 7. The van der Waals surface area contributed by atoms with E-state index in [1.54, 1.807) is 6.07 Å². The number of ether oxygens (including phenoxy) is 1.